The van der Waals surface area contributed by atoms with Crippen molar-refractivity contribution in [1.29, 1.82) is 0 Å². The van der Waals surface area contributed by atoms with Crippen molar-refractivity contribution in [2.75, 3.05) is 19.8 Å². The molecule has 12 nitrogen and oxygen atoms in total. The van der Waals surface area contributed by atoms with E-state index in [1.807, 2.05) is 27.7 Å². The van der Waals surface area contributed by atoms with Crippen molar-refractivity contribution in [2.24, 2.45) is 11.7 Å². The Morgan fingerprint density at radius 3 is 1.86 bits per heavy atom. The number of esters is 1. The second-order valence-electron chi connectivity index (χ2n) is 10.3. The number of hydrogen-bond acceptors (Lipinski definition) is 12. The first-order valence-corrected chi connectivity index (χ1v) is 14.6. The van der Waals surface area contributed by atoms with Crippen LogP contribution in [0.4, 0.5) is 14.4 Å². The Hall–Kier alpha value is -3.54. The molecule has 0 aliphatic rings. The summed E-state index contributed by atoms with van der Waals surface area (Å²) < 4.78 is 36.1. The van der Waals surface area contributed by atoms with Gasteiger partial charge in [-0.1, -0.05) is 59.4 Å². The van der Waals surface area contributed by atoms with Gasteiger partial charge in [0.15, 0.2) is 11.5 Å². The van der Waals surface area contributed by atoms with Crippen LogP contribution in [-0.4, -0.2) is 62.5 Å². The van der Waals surface area contributed by atoms with Crippen LogP contribution in [-0.2, 0) is 34.9 Å². The lowest BCUT2D eigenvalue weighted by molar-refractivity contribution is -0.148. The minimum Gasteiger partial charge on any atom is -0.461 e. The van der Waals surface area contributed by atoms with Gasteiger partial charge in [0, 0.05) is 0 Å². The fraction of sp³-hybridized carbons (Fsp3) is 0.667. The number of rotatable bonds is 18. The van der Waals surface area contributed by atoms with Crippen LogP contribution >= 0.6 is 0 Å². The number of nitrogens with two attached hydrogens (primary N) is 1. The molecule has 0 aliphatic carbocycles. The predicted octanol–water partition coefficient (Wildman–Crippen LogP) is 6.10. The highest BCUT2D eigenvalue weighted by Crippen LogP contribution is 2.30. The van der Waals surface area contributed by atoms with Crippen LogP contribution in [0.2, 0.25) is 0 Å². The number of benzene rings is 1. The zero-order valence-electron chi connectivity index (χ0n) is 25.7. The Morgan fingerprint density at radius 2 is 1.31 bits per heavy atom. The fourth-order valence-corrected chi connectivity index (χ4v) is 3.25. The van der Waals surface area contributed by atoms with E-state index < -0.39 is 36.6 Å². The topological polar surface area (TPSA) is 159 Å². The lowest BCUT2D eigenvalue weighted by Crippen LogP contribution is -2.36. The van der Waals surface area contributed by atoms with Crippen molar-refractivity contribution in [3.05, 3.63) is 23.8 Å². The molecule has 0 saturated carbocycles. The van der Waals surface area contributed by atoms with Crippen molar-refractivity contribution in [3.63, 3.8) is 0 Å². The van der Waals surface area contributed by atoms with E-state index in [2.05, 4.69) is 0 Å². The molecule has 0 heterocycles. The Morgan fingerprint density at radius 1 is 0.738 bits per heavy atom. The van der Waals surface area contributed by atoms with E-state index >= 15 is 0 Å². The largest absolute Gasteiger partial charge is 0.513 e. The minimum atomic E-state index is -1.09. The van der Waals surface area contributed by atoms with Crippen molar-refractivity contribution in [1.82, 2.24) is 0 Å². The third-order valence-corrected chi connectivity index (χ3v) is 6.07. The molecular weight excluding hydrogens is 550 g/mol. The van der Waals surface area contributed by atoms with Gasteiger partial charge >= 0.3 is 24.4 Å². The fourth-order valence-electron chi connectivity index (χ4n) is 3.25. The van der Waals surface area contributed by atoms with Gasteiger partial charge in [-0.3, -0.25) is 4.79 Å². The van der Waals surface area contributed by atoms with E-state index in [9.17, 15) is 19.2 Å². The van der Waals surface area contributed by atoms with Crippen LogP contribution < -0.4 is 15.2 Å². The highest BCUT2D eigenvalue weighted by atomic mass is 16.7. The van der Waals surface area contributed by atoms with Crippen molar-refractivity contribution < 1.29 is 52.3 Å². The molecule has 1 aromatic rings. The number of unbranched alkanes of at least 4 members (excludes halogenated alkanes) is 4. The summed E-state index contributed by atoms with van der Waals surface area (Å²) in [5, 5.41) is 0. The molecule has 12 heteroatoms. The highest BCUT2D eigenvalue weighted by molar-refractivity contribution is 5.76. The van der Waals surface area contributed by atoms with E-state index in [0.29, 0.717) is 18.4 Å². The quantitative estimate of drug-likeness (QED) is 0.0898. The summed E-state index contributed by atoms with van der Waals surface area (Å²) in [6.07, 6.45) is 1.24. The molecule has 1 aromatic carbocycles. The molecule has 0 spiro atoms. The van der Waals surface area contributed by atoms with Crippen molar-refractivity contribution in [3.8, 4) is 11.5 Å². The summed E-state index contributed by atoms with van der Waals surface area (Å²) in [5.74, 6) is -0.778. The van der Waals surface area contributed by atoms with Crippen LogP contribution in [0.5, 0.6) is 11.5 Å². The molecule has 238 valence electrons. The van der Waals surface area contributed by atoms with Gasteiger partial charge in [0.1, 0.15) is 24.9 Å². The Kier molecular flexibility index (Phi) is 17.7. The van der Waals surface area contributed by atoms with Gasteiger partial charge < -0.3 is 38.9 Å². The summed E-state index contributed by atoms with van der Waals surface area (Å²) in [4.78, 5) is 48.8. The molecule has 0 amide bonds. The molecule has 0 saturated heterocycles. The molecule has 3 atom stereocenters. The van der Waals surface area contributed by atoms with Crippen LogP contribution in [0.1, 0.15) is 85.6 Å². The summed E-state index contributed by atoms with van der Waals surface area (Å²) in [5.41, 5.74) is 6.53. The lowest BCUT2D eigenvalue weighted by atomic mass is 10.1. The molecule has 1 rings (SSSR count). The molecule has 0 fully saturated rings. The number of hydrogen-bond donors (Lipinski definition) is 1. The first-order valence-electron chi connectivity index (χ1n) is 14.6. The third kappa shape index (κ3) is 15.5. The number of carbonyl (C=O) groups excluding carboxylic acids is 4. The molecule has 0 aliphatic heterocycles. The molecular formula is C30H47NO11. The molecule has 2 N–H and O–H groups in total. The van der Waals surface area contributed by atoms with Crippen LogP contribution in [0.25, 0.3) is 0 Å². The summed E-state index contributed by atoms with van der Waals surface area (Å²) in [6, 6.07) is 3.29. The summed E-state index contributed by atoms with van der Waals surface area (Å²) in [6.45, 7) is 11.3. The normalized spacial score (nSPS) is 13.0. The highest BCUT2D eigenvalue weighted by Gasteiger charge is 2.22. The average molecular weight is 598 g/mol. The van der Waals surface area contributed by atoms with Crippen LogP contribution in [0, 0.1) is 5.92 Å². The first-order chi connectivity index (χ1) is 20.0. The zero-order valence-corrected chi connectivity index (χ0v) is 25.7. The first kappa shape index (κ1) is 36.5. The van der Waals surface area contributed by atoms with Gasteiger partial charge in [0.05, 0.1) is 13.2 Å². The molecule has 0 bridgehead atoms. The maximum Gasteiger partial charge on any atom is 0.513 e. The van der Waals surface area contributed by atoms with Crippen LogP contribution in [0.3, 0.4) is 0 Å². The monoisotopic (exact) mass is 597 g/mol. The van der Waals surface area contributed by atoms with Gasteiger partial charge in [-0.25, -0.2) is 14.4 Å². The Labute approximate surface area is 248 Å². The van der Waals surface area contributed by atoms with Gasteiger partial charge in [0.2, 0.25) is 0 Å². The standard InChI is InChI=1S/C30H47NO11/c1-7-9-11-15-36-28(33)41-25-14-13-23(18-26(25)42-29(34)37-16-12-10-8-2)17-24(31)27(32)38-19-21(5)39-30(35)40-22(6)20(3)4/h13-14,18,20-22,24H,7-12,15-17,19,31H2,1-6H3/t21-,22?,24-/m0/s1. The second kappa shape index (κ2) is 20.4. The third-order valence-electron chi connectivity index (χ3n) is 6.07. The summed E-state index contributed by atoms with van der Waals surface area (Å²) >= 11 is 0. The minimum absolute atomic E-state index is 0.00562. The Bertz CT molecular complexity index is 982. The van der Waals surface area contributed by atoms with E-state index in [4.69, 9.17) is 38.9 Å². The lowest BCUT2D eigenvalue weighted by Gasteiger charge is -2.19. The predicted molar refractivity (Wildman–Crippen MR) is 153 cm³/mol. The van der Waals surface area contributed by atoms with E-state index in [-0.39, 0.29) is 49.8 Å². The number of carbonyl (C=O) groups is 4. The molecule has 1 unspecified atom stereocenters. The van der Waals surface area contributed by atoms with Gasteiger partial charge in [-0.05, 0) is 56.7 Å². The maximum atomic E-state index is 12.5. The molecule has 0 radical (unpaired) electrons. The zero-order chi connectivity index (χ0) is 31.5. The maximum absolute atomic E-state index is 12.5. The van der Waals surface area contributed by atoms with E-state index in [1.54, 1.807) is 19.9 Å². The van der Waals surface area contributed by atoms with E-state index in [0.717, 1.165) is 25.7 Å². The van der Waals surface area contributed by atoms with Crippen molar-refractivity contribution in [2.45, 2.75) is 105 Å². The van der Waals surface area contributed by atoms with Crippen molar-refractivity contribution >= 4 is 24.4 Å². The number of ether oxygens (including phenoxy) is 7. The van der Waals surface area contributed by atoms with Gasteiger partial charge in [0.25, 0.3) is 0 Å². The Balaban J connectivity index is 2.80. The SMILES string of the molecule is CCCCCOC(=O)Oc1ccc(C[C@H](N)C(=O)OC[C@H](C)OC(=O)OC(C)C(C)C)cc1OC(=O)OCCCCC. The van der Waals surface area contributed by atoms with Crippen LogP contribution in [0.15, 0.2) is 18.2 Å². The average Bonchev–Trinajstić information content (AvgIpc) is 2.93. The van der Waals surface area contributed by atoms with Gasteiger partial charge in [-0.15, -0.1) is 0 Å². The van der Waals surface area contributed by atoms with E-state index in [1.165, 1.54) is 12.1 Å². The summed E-state index contributed by atoms with van der Waals surface area (Å²) in [7, 11) is 0. The molecule has 42 heavy (non-hydrogen) atoms. The molecule has 0 aromatic heterocycles. The van der Waals surface area contributed by atoms with Gasteiger partial charge in [-0.2, -0.15) is 0 Å². The second-order valence-corrected chi connectivity index (χ2v) is 10.3. The smallest absolute Gasteiger partial charge is 0.461 e.